The maximum Gasteiger partial charge on any atom is 0.243 e. The second-order valence-electron chi connectivity index (χ2n) is 5.69. The Labute approximate surface area is 151 Å². The minimum Gasteiger partial charge on any atom is -0.494 e. The van der Waals surface area contributed by atoms with Crippen molar-refractivity contribution in [3.8, 4) is 5.75 Å². The largest absolute Gasteiger partial charge is 0.494 e. The van der Waals surface area contributed by atoms with Crippen molar-refractivity contribution in [2.75, 3.05) is 26.7 Å². The van der Waals surface area contributed by atoms with Crippen molar-refractivity contribution in [1.82, 2.24) is 9.62 Å². The summed E-state index contributed by atoms with van der Waals surface area (Å²) in [5.41, 5.74) is 0.803. The molecule has 0 saturated carbocycles. The van der Waals surface area contributed by atoms with E-state index in [1.165, 1.54) is 23.5 Å². The number of benzene rings is 2. The van der Waals surface area contributed by atoms with Crippen LogP contribution in [0.3, 0.4) is 0 Å². The fraction of sp³-hybridized carbons (Fsp3) is 0.294. The summed E-state index contributed by atoms with van der Waals surface area (Å²) in [5, 5.41) is 3.75. The Morgan fingerprint density at radius 2 is 2.08 bits per heavy atom. The summed E-state index contributed by atoms with van der Waals surface area (Å²) in [6.07, 6.45) is 0. The molecule has 1 aliphatic heterocycles. The molecule has 0 bridgehead atoms. The van der Waals surface area contributed by atoms with Crippen LogP contribution in [0.2, 0.25) is 5.02 Å². The van der Waals surface area contributed by atoms with Gasteiger partial charge in [-0.1, -0.05) is 23.7 Å². The van der Waals surface area contributed by atoms with Crippen molar-refractivity contribution in [3.05, 3.63) is 58.9 Å². The standard InChI is InChI=1S/C17H18ClFN2O3S/c1-24-17-10-14(5-6-15(17)19)25(22,23)21-8-7-20-11-16(21)12-3-2-4-13(18)9-12/h2-6,9-10,16,20H,7-8,11H2,1H3. The van der Waals surface area contributed by atoms with Crippen molar-refractivity contribution < 1.29 is 17.5 Å². The molecule has 134 valence electrons. The van der Waals surface area contributed by atoms with Crippen LogP contribution in [0.15, 0.2) is 47.4 Å². The van der Waals surface area contributed by atoms with Gasteiger partial charge in [-0.3, -0.25) is 0 Å². The van der Waals surface area contributed by atoms with E-state index < -0.39 is 21.9 Å². The average Bonchev–Trinajstić information content (AvgIpc) is 2.62. The number of ether oxygens (including phenoxy) is 1. The van der Waals surface area contributed by atoms with Crippen molar-refractivity contribution in [1.29, 1.82) is 0 Å². The van der Waals surface area contributed by atoms with Crippen LogP contribution in [0, 0.1) is 5.82 Å². The van der Waals surface area contributed by atoms with E-state index in [1.807, 2.05) is 6.07 Å². The number of halogens is 2. The molecule has 8 heteroatoms. The first-order valence-electron chi connectivity index (χ1n) is 7.75. The normalized spacial score (nSPS) is 18.9. The molecule has 1 atom stereocenters. The van der Waals surface area contributed by atoms with Crippen LogP contribution in [-0.2, 0) is 10.0 Å². The quantitative estimate of drug-likeness (QED) is 0.880. The molecule has 0 aliphatic carbocycles. The zero-order chi connectivity index (χ0) is 18.0. The molecule has 25 heavy (non-hydrogen) atoms. The number of piperazine rings is 1. The summed E-state index contributed by atoms with van der Waals surface area (Å²) >= 11 is 6.05. The van der Waals surface area contributed by atoms with Crippen LogP contribution < -0.4 is 10.1 Å². The van der Waals surface area contributed by atoms with Gasteiger partial charge in [0.25, 0.3) is 0 Å². The Bertz CT molecular complexity index is 876. The van der Waals surface area contributed by atoms with Gasteiger partial charge in [0.05, 0.1) is 18.0 Å². The van der Waals surface area contributed by atoms with E-state index in [0.717, 1.165) is 11.6 Å². The highest BCUT2D eigenvalue weighted by molar-refractivity contribution is 7.89. The van der Waals surface area contributed by atoms with Crippen LogP contribution in [0.4, 0.5) is 4.39 Å². The lowest BCUT2D eigenvalue weighted by molar-refractivity contribution is 0.271. The van der Waals surface area contributed by atoms with Crippen LogP contribution in [0.25, 0.3) is 0 Å². The van der Waals surface area contributed by atoms with E-state index in [9.17, 15) is 12.8 Å². The van der Waals surface area contributed by atoms with Gasteiger partial charge in [-0.2, -0.15) is 4.31 Å². The summed E-state index contributed by atoms with van der Waals surface area (Å²) in [4.78, 5) is -0.000298. The molecule has 1 fully saturated rings. The zero-order valence-electron chi connectivity index (χ0n) is 13.6. The monoisotopic (exact) mass is 384 g/mol. The molecule has 0 amide bonds. The summed E-state index contributed by atoms with van der Waals surface area (Å²) in [6.45, 7) is 1.31. The Kier molecular flexibility index (Phi) is 5.29. The molecular formula is C17H18ClFN2O3S. The first-order chi connectivity index (χ1) is 11.9. The fourth-order valence-electron chi connectivity index (χ4n) is 2.91. The predicted molar refractivity (Wildman–Crippen MR) is 93.9 cm³/mol. The minimum absolute atomic E-state index is 0.000298. The second kappa shape index (κ2) is 7.29. The Balaban J connectivity index is 2.01. The van der Waals surface area contributed by atoms with Gasteiger partial charge in [0.1, 0.15) is 0 Å². The average molecular weight is 385 g/mol. The summed E-state index contributed by atoms with van der Waals surface area (Å²) in [6, 6.07) is 10.3. The highest BCUT2D eigenvalue weighted by Crippen LogP contribution is 2.31. The molecule has 2 aromatic carbocycles. The van der Waals surface area contributed by atoms with Gasteiger partial charge in [0.2, 0.25) is 10.0 Å². The van der Waals surface area contributed by atoms with E-state index in [4.69, 9.17) is 16.3 Å². The van der Waals surface area contributed by atoms with Crippen LogP contribution in [-0.4, -0.2) is 39.5 Å². The number of rotatable bonds is 4. The highest BCUT2D eigenvalue weighted by Gasteiger charge is 2.34. The van der Waals surface area contributed by atoms with Gasteiger partial charge in [0.15, 0.2) is 11.6 Å². The molecule has 2 aromatic rings. The predicted octanol–water partition coefficient (Wildman–Crippen LogP) is 2.82. The molecule has 0 radical (unpaired) electrons. The number of sulfonamides is 1. The van der Waals surface area contributed by atoms with Crippen LogP contribution in [0.5, 0.6) is 5.75 Å². The van der Waals surface area contributed by atoms with E-state index in [-0.39, 0.29) is 10.6 Å². The minimum atomic E-state index is -3.82. The second-order valence-corrected chi connectivity index (χ2v) is 8.01. The molecule has 1 aliphatic rings. The third-order valence-electron chi connectivity index (χ3n) is 4.16. The molecule has 1 heterocycles. The molecule has 0 spiro atoms. The number of nitrogens with zero attached hydrogens (tertiary/aromatic N) is 1. The molecular weight excluding hydrogens is 367 g/mol. The van der Waals surface area contributed by atoms with Crippen LogP contribution in [0.1, 0.15) is 11.6 Å². The summed E-state index contributed by atoms with van der Waals surface area (Å²) in [5.74, 6) is -0.705. The number of hydrogen-bond donors (Lipinski definition) is 1. The topological polar surface area (TPSA) is 58.6 Å². The SMILES string of the molecule is COc1cc(S(=O)(=O)N2CCNCC2c2cccc(Cl)c2)ccc1F. The number of hydrogen-bond acceptors (Lipinski definition) is 4. The molecule has 0 aromatic heterocycles. The Hall–Kier alpha value is -1.67. The highest BCUT2D eigenvalue weighted by atomic mass is 35.5. The number of methoxy groups -OCH3 is 1. The smallest absolute Gasteiger partial charge is 0.243 e. The molecule has 5 nitrogen and oxygen atoms in total. The Morgan fingerprint density at radius 1 is 1.28 bits per heavy atom. The Morgan fingerprint density at radius 3 is 2.80 bits per heavy atom. The van der Waals surface area contributed by atoms with Crippen molar-refractivity contribution >= 4 is 21.6 Å². The first kappa shape index (κ1) is 18.1. The summed E-state index contributed by atoms with van der Waals surface area (Å²) in [7, 11) is -2.52. The molecule has 1 N–H and O–H groups in total. The van der Waals surface area contributed by atoms with Gasteiger partial charge in [-0.05, 0) is 29.8 Å². The third-order valence-corrected chi connectivity index (χ3v) is 6.30. The maximum absolute atomic E-state index is 13.6. The van der Waals surface area contributed by atoms with Crippen LogP contribution >= 0.6 is 11.6 Å². The fourth-order valence-corrected chi connectivity index (χ4v) is 4.74. The van der Waals surface area contributed by atoms with Gasteiger partial charge in [-0.15, -0.1) is 0 Å². The van der Waals surface area contributed by atoms with Gasteiger partial charge >= 0.3 is 0 Å². The van der Waals surface area contributed by atoms with Gasteiger partial charge in [-0.25, -0.2) is 12.8 Å². The van der Waals surface area contributed by atoms with E-state index >= 15 is 0 Å². The van der Waals surface area contributed by atoms with Gasteiger partial charge in [0, 0.05) is 30.7 Å². The lowest BCUT2D eigenvalue weighted by atomic mass is 10.1. The first-order valence-corrected chi connectivity index (χ1v) is 9.57. The van der Waals surface area contributed by atoms with Crippen molar-refractivity contribution in [3.63, 3.8) is 0 Å². The lowest BCUT2D eigenvalue weighted by Gasteiger charge is -2.35. The van der Waals surface area contributed by atoms with E-state index in [0.29, 0.717) is 24.7 Å². The zero-order valence-corrected chi connectivity index (χ0v) is 15.1. The lowest BCUT2D eigenvalue weighted by Crippen LogP contribution is -2.48. The summed E-state index contributed by atoms with van der Waals surface area (Å²) < 4.78 is 46.2. The molecule has 3 rings (SSSR count). The van der Waals surface area contributed by atoms with Crippen molar-refractivity contribution in [2.24, 2.45) is 0 Å². The van der Waals surface area contributed by atoms with E-state index in [1.54, 1.807) is 18.2 Å². The molecule has 1 saturated heterocycles. The maximum atomic E-state index is 13.6. The van der Waals surface area contributed by atoms with Gasteiger partial charge < -0.3 is 10.1 Å². The van der Waals surface area contributed by atoms with Crippen molar-refractivity contribution in [2.45, 2.75) is 10.9 Å². The molecule has 1 unspecified atom stereocenters. The third kappa shape index (κ3) is 3.64. The number of nitrogens with one attached hydrogen (secondary N) is 1. The van der Waals surface area contributed by atoms with E-state index in [2.05, 4.69) is 5.32 Å².